The van der Waals surface area contributed by atoms with E-state index >= 15 is 0 Å². The first-order chi connectivity index (χ1) is 9.69. The lowest BCUT2D eigenvalue weighted by Crippen LogP contribution is -2.57. The normalized spacial score (nSPS) is 24.0. The molecule has 1 unspecified atom stereocenters. The second-order valence-electron chi connectivity index (χ2n) is 5.19. The Labute approximate surface area is 137 Å². The molecule has 1 aromatic rings. The lowest BCUT2D eigenvalue weighted by molar-refractivity contribution is -0.149. The summed E-state index contributed by atoms with van der Waals surface area (Å²) in [5.41, 5.74) is -1.44. The smallest absolute Gasteiger partial charge is 0.324 e. The first-order valence-corrected chi connectivity index (χ1v) is 9.02. The van der Waals surface area contributed by atoms with Gasteiger partial charge in [0.2, 0.25) is 10.0 Å². The standard InChI is InChI=1S/C13H15BrClNO4S/c1-13(12(17)18)6-2-3-7-16(13)21(19,20)11-5-4-9(14)8-10(11)15/h4-5,8H,2-3,6-7H2,1H3,(H,17,18). The van der Waals surface area contributed by atoms with Gasteiger partial charge in [-0.2, -0.15) is 4.31 Å². The van der Waals surface area contributed by atoms with Crippen LogP contribution in [0.25, 0.3) is 0 Å². The van der Waals surface area contributed by atoms with Crippen LogP contribution < -0.4 is 0 Å². The third-order valence-electron chi connectivity index (χ3n) is 3.75. The first-order valence-electron chi connectivity index (χ1n) is 6.41. The highest BCUT2D eigenvalue weighted by Gasteiger charge is 2.48. The molecule has 1 heterocycles. The Kier molecular flexibility index (Phi) is 4.68. The number of carboxylic acid groups (broad SMARTS) is 1. The van der Waals surface area contributed by atoms with Crippen LogP contribution >= 0.6 is 27.5 Å². The molecule has 0 saturated carbocycles. The van der Waals surface area contributed by atoms with Gasteiger partial charge in [0, 0.05) is 11.0 Å². The molecule has 116 valence electrons. The molecule has 1 atom stereocenters. The molecule has 0 aliphatic carbocycles. The third-order valence-corrected chi connectivity index (χ3v) is 6.74. The maximum atomic E-state index is 12.8. The number of hydrogen-bond donors (Lipinski definition) is 1. The molecule has 0 aromatic heterocycles. The highest BCUT2D eigenvalue weighted by Crippen LogP contribution is 2.36. The molecule has 0 radical (unpaired) electrons. The second kappa shape index (κ2) is 5.87. The first kappa shape index (κ1) is 16.7. The molecule has 0 bridgehead atoms. The predicted molar refractivity (Wildman–Crippen MR) is 82.9 cm³/mol. The monoisotopic (exact) mass is 395 g/mol. The zero-order valence-corrected chi connectivity index (χ0v) is 14.5. The molecule has 0 amide bonds. The van der Waals surface area contributed by atoms with Crippen molar-refractivity contribution in [1.82, 2.24) is 4.31 Å². The lowest BCUT2D eigenvalue weighted by Gasteiger charge is -2.40. The van der Waals surface area contributed by atoms with Gasteiger partial charge in [0.05, 0.1) is 5.02 Å². The predicted octanol–water partition coefficient (Wildman–Crippen LogP) is 3.12. The van der Waals surface area contributed by atoms with Gasteiger partial charge in [-0.1, -0.05) is 27.5 Å². The summed E-state index contributed by atoms with van der Waals surface area (Å²) in [4.78, 5) is 11.5. The number of piperidine rings is 1. The van der Waals surface area contributed by atoms with Crippen LogP contribution in [-0.2, 0) is 14.8 Å². The van der Waals surface area contributed by atoms with E-state index in [0.29, 0.717) is 17.3 Å². The SMILES string of the molecule is CC1(C(=O)O)CCCCN1S(=O)(=O)c1ccc(Br)cc1Cl. The van der Waals surface area contributed by atoms with Crippen LogP contribution in [0.1, 0.15) is 26.2 Å². The van der Waals surface area contributed by atoms with Crippen molar-refractivity contribution in [2.45, 2.75) is 36.6 Å². The molecule has 1 aliphatic rings. The van der Waals surface area contributed by atoms with Crippen LogP contribution in [0.2, 0.25) is 5.02 Å². The van der Waals surface area contributed by atoms with Gasteiger partial charge in [0.15, 0.2) is 0 Å². The van der Waals surface area contributed by atoms with E-state index in [1.54, 1.807) is 6.07 Å². The van der Waals surface area contributed by atoms with Crippen molar-refractivity contribution in [2.75, 3.05) is 6.54 Å². The van der Waals surface area contributed by atoms with Crippen LogP contribution in [0.5, 0.6) is 0 Å². The number of carbonyl (C=O) groups is 1. The molecule has 5 nitrogen and oxygen atoms in total. The summed E-state index contributed by atoms with van der Waals surface area (Å²) >= 11 is 9.24. The van der Waals surface area contributed by atoms with Crippen molar-refractivity contribution < 1.29 is 18.3 Å². The minimum Gasteiger partial charge on any atom is -0.480 e. The maximum absolute atomic E-state index is 12.8. The van der Waals surface area contributed by atoms with Crippen molar-refractivity contribution in [3.63, 3.8) is 0 Å². The van der Waals surface area contributed by atoms with Gasteiger partial charge in [-0.3, -0.25) is 4.79 Å². The maximum Gasteiger partial charge on any atom is 0.324 e. The van der Waals surface area contributed by atoms with Crippen LogP contribution in [0.3, 0.4) is 0 Å². The Morgan fingerprint density at radius 1 is 1.43 bits per heavy atom. The molecular formula is C13H15BrClNO4S. The summed E-state index contributed by atoms with van der Waals surface area (Å²) in [6.45, 7) is 1.62. The highest BCUT2D eigenvalue weighted by atomic mass is 79.9. The van der Waals surface area contributed by atoms with Crippen molar-refractivity contribution in [2.24, 2.45) is 0 Å². The summed E-state index contributed by atoms with van der Waals surface area (Å²) in [7, 11) is -3.96. The minimum atomic E-state index is -3.96. The molecule has 1 N–H and O–H groups in total. The molecule has 0 spiro atoms. The largest absolute Gasteiger partial charge is 0.480 e. The second-order valence-corrected chi connectivity index (χ2v) is 8.34. The van der Waals surface area contributed by atoms with Crippen LogP contribution in [0.15, 0.2) is 27.6 Å². The fourth-order valence-electron chi connectivity index (χ4n) is 2.50. The number of nitrogens with zero attached hydrogens (tertiary/aromatic N) is 1. The average molecular weight is 397 g/mol. The third kappa shape index (κ3) is 2.97. The molecule has 1 fully saturated rings. The van der Waals surface area contributed by atoms with Gasteiger partial charge in [-0.25, -0.2) is 8.42 Å². The lowest BCUT2D eigenvalue weighted by atomic mass is 9.91. The Morgan fingerprint density at radius 3 is 2.67 bits per heavy atom. The Hall–Kier alpha value is -0.630. The van der Waals surface area contributed by atoms with E-state index in [-0.39, 0.29) is 22.9 Å². The number of hydrogen-bond acceptors (Lipinski definition) is 3. The van der Waals surface area contributed by atoms with Gasteiger partial charge in [0.1, 0.15) is 10.4 Å². The topological polar surface area (TPSA) is 74.7 Å². The zero-order chi connectivity index (χ0) is 15.8. The molecule has 21 heavy (non-hydrogen) atoms. The summed E-state index contributed by atoms with van der Waals surface area (Å²) in [6.07, 6.45) is 1.61. The van der Waals surface area contributed by atoms with E-state index in [0.717, 1.165) is 4.31 Å². The van der Waals surface area contributed by atoms with Crippen LogP contribution in [0, 0.1) is 0 Å². The van der Waals surface area contributed by atoms with Gasteiger partial charge in [-0.15, -0.1) is 0 Å². The van der Waals surface area contributed by atoms with E-state index in [9.17, 15) is 18.3 Å². The van der Waals surface area contributed by atoms with Crippen LogP contribution in [0.4, 0.5) is 0 Å². The number of rotatable bonds is 3. The Morgan fingerprint density at radius 2 is 2.10 bits per heavy atom. The minimum absolute atomic E-state index is 0.0678. The molecule has 8 heteroatoms. The number of halogens is 2. The molecule has 2 rings (SSSR count). The van der Waals surface area contributed by atoms with E-state index in [2.05, 4.69) is 15.9 Å². The molecule has 1 aromatic carbocycles. The number of benzene rings is 1. The number of carboxylic acids is 1. The van der Waals surface area contributed by atoms with Gasteiger partial charge < -0.3 is 5.11 Å². The van der Waals surface area contributed by atoms with E-state index < -0.39 is 21.5 Å². The van der Waals surface area contributed by atoms with E-state index in [4.69, 9.17) is 11.6 Å². The highest BCUT2D eigenvalue weighted by molar-refractivity contribution is 9.10. The van der Waals surface area contributed by atoms with E-state index in [1.807, 2.05) is 0 Å². The zero-order valence-electron chi connectivity index (χ0n) is 11.3. The Balaban J connectivity index is 2.53. The van der Waals surface area contributed by atoms with Gasteiger partial charge in [-0.05, 0) is 44.4 Å². The molecule has 1 saturated heterocycles. The summed E-state index contributed by atoms with van der Waals surface area (Å²) in [6, 6.07) is 4.44. The van der Waals surface area contributed by atoms with Crippen molar-refractivity contribution in [3.05, 3.63) is 27.7 Å². The number of aliphatic carboxylic acids is 1. The summed E-state index contributed by atoms with van der Waals surface area (Å²) in [5.74, 6) is -1.14. The summed E-state index contributed by atoms with van der Waals surface area (Å²) in [5, 5.41) is 9.52. The fourth-order valence-corrected chi connectivity index (χ4v) is 5.32. The molecule has 1 aliphatic heterocycles. The Bertz CT molecular complexity index is 679. The van der Waals surface area contributed by atoms with Crippen molar-refractivity contribution in [1.29, 1.82) is 0 Å². The van der Waals surface area contributed by atoms with Crippen LogP contribution in [-0.4, -0.2) is 35.9 Å². The summed E-state index contributed by atoms with van der Waals surface area (Å²) < 4.78 is 27.3. The molecular weight excluding hydrogens is 382 g/mol. The quantitative estimate of drug-likeness (QED) is 0.852. The number of sulfonamides is 1. The van der Waals surface area contributed by atoms with Crippen molar-refractivity contribution >= 4 is 43.5 Å². The van der Waals surface area contributed by atoms with Gasteiger partial charge in [0.25, 0.3) is 0 Å². The average Bonchev–Trinajstić information content (AvgIpc) is 2.38. The van der Waals surface area contributed by atoms with E-state index in [1.165, 1.54) is 19.1 Å². The van der Waals surface area contributed by atoms with Gasteiger partial charge >= 0.3 is 5.97 Å². The fraction of sp³-hybridized carbons (Fsp3) is 0.462. The van der Waals surface area contributed by atoms with Crippen molar-refractivity contribution in [3.8, 4) is 0 Å².